The normalized spacial score (nSPS) is 20.8. The van der Waals surface area contributed by atoms with Crippen LogP contribution in [0.2, 0.25) is 0 Å². The molecule has 1 saturated heterocycles. The van der Waals surface area contributed by atoms with Gasteiger partial charge >= 0.3 is 0 Å². The highest BCUT2D eigenvalue weighted by atomic mass is 19.1. The summed E-state index contributed by atoms with van der Waals surface area (Å²) in [5.41, 5.74) is 0.428. The average molecular weight is 336 g/mol. The van der Waals surface area contributed by atoms with Crippen molar-refractivity contribution in [1.29, 1.82) is 0 Å². The van der Waals surface area contributed by atoms with Crippen LogP contribution in [0.4, 0.5) is 4.39 Å². The minimum absolute atomic E-state index is 0.0379. The van der Waals surface area contributed by atoms with Crippen molar-refractivity contribution in [2.24, 2.45) is 0 Å². The van der Waals surface area contributed by atoms with Crippen LogP contribution in [-0.4, -0.2) is 49.6 Å². The predicted octanol–water partition coefficient (Wildman–Crippen LogP) is 2.28. The van der Waals surface area contributed by atoms with Crippen molar-refractivity contribution >= 4 is 11.8 Å². The molecule has 1 heterocycles. The maximum Gasteiger partial charge on any atom is 0.253 e. The zero-order valence-corrected chi connectivity index (χ0v) is 14.5. The fourth-order valence-corrected chi connectivity index (χ4v) is 3.17. The number of hydrogen-bond donors (Lipinski definition) is 1. The minimum atomic E-state index is -0.504. The summed E-state index contributed by atoms with van der Waals surface area (Å²) in [5, 5.41) is 2.61. The van der Waals surface area contributed by atoms with E-state index < -0.39 is 5.60 Å². The summed E-state index contributed by atoms with van der Waals surface area (Å²) in [5.74, 6) is -0.481. The molecule has 0 bridgehead atoms. The summed E-state index contributed by atoms with van der Waals surface area (Å²) >= 11 is 0. The van der Waals surface area contributed by atoms with Gasteiger partial charge in [0.15, 0.2) is 0 Å². The number of halogens is 1. The summed E-state index contributed by atoms with van der Waals surface area (Å²) in [6.07, 6.45) is 2.55. The van der Waals surface area contributed by atoms with E-state index in [0.717, 1.165) is 12.8 Å². The Balaban J connectivity index is 2.11. The number of benzene rings is 1. The van der Waals surface area contributed by atoms with Gasteiger partial charge in [-0.1, -0.05) is 0 Å². The molecular weight excluding hydrogens is 311 g/mol. The van der Waals surface area contributed by atoms with E-state index in [1.54, 1.807) is 32.0 Å². The maximum absolute atomic E-state index is 13.4. The molecule has 2 amide bonds. The Hall–Kier alpha value is -1.95. The average Bonchev–Trinajstić information content (AvgIpc) is 2.61. The van der Waals surface area contributed by atoms with Crippen LogP contribution in [0.1, 0.15) is 41.6 Å². The van der Waals surface area contributed by atoms with Gasteiger partial charge < -0.3 is 15.0 Å². The van der Waals surface area contributed by atoms with E-state index in [2.05, 4.69) is 5.32 Å². The third-order valence-electron chi connectivity index (χ3n) is 4.75. The second kappa shape index (κ2) is 7.75. The molecule has 132 valence electrons. The van der Waals surface area contributed by atoms with Crippen molar-refractivity contribution in [3.05, 3.63) is 35.1 Å². The van der Waals surface area contributed by atoms with Gasteiger partial charge in [0.2, 0.25) is 5.91 Å². The van der Waals surface area contributed by atoms with Gasteiger partial charge in [-0.25, -0.2) is 4.39 Å². The van der Waals surface area contributed by atoms with Crippen molar-refractivity contribution in [2.75, 3.05) is 27.2 Å². The molecule has 0 spiro atoms. The van der Waals surface area contributed by atoms with Crippen molar-refractivity contribution in [3.8, 4) is 0 Å². The van der Waals surface area contributed by atoms with Gasteiger partial charge in [0.25, 0.3) is 5.91 Å². The summed E-state index contributed by atoms with van der Waals surface area (Å²) in [7, 11) is 3.23. The van der Waals surface area contributed by atoms with Crippen molar-refractivity contribution in [3.63, 3.8) is 0 Å². The molecule has 24 heavy (non-hydrogen) atoms. The van der Waals surface area contributed by atoms with E-state index in [0.29, 0.717) is 37.1 Å². The number of methoxy groups -OCH3 is 1. The maximum atomic E-state index is 13.4. The lowest BCUT2D eigenvalue weighted by molar-refractivity contribution is -0.123. The lowest BCUT2D eigenvalue weighted by atomic mass is 9.87. The third kappa shape index (κ3) is 4.12. The van der Waals surface area contributed by atoms with Crippen LogP contribution in [0.5, 0.6) is 0 Å². The summed E-state index contributed by atoms with van der Waals surface area (Å²) in [4.78, 5) is 26.0. The van der Waals surface area contributed by atoms with Gasteiger partial charge in [0.05, 0.1) is 5.60 Å². The molecular formula is C18H25FN2O3. The van der Waals surface area contributed by atoms with Crippen LogP contribution in [0.15, 0.2) is 18.2 Å². The standard InChI is InChI=1S/C18H25FN2O3/c1-13-11-14(5-6-15(13)19)17(23)21-10-4-8-18(12-21,24-3)9-7-16(22)20-2/h5-6,11H,4,7-10,12H2,1-3H3,(H,20,22)/t18-/m0/s1. The highest BCUT2D eigenvalue weighted by molar-refractivity contribution is 5.94. The molecule has 0 aliphatic carbocycles. The molecule has 0 saturated carbocycles. The molecule has 0 aromatic heterocycles. The Kier molecular flexibility index (Phi) is 5.94. The Morgan fingerprint density at radius 2 is 2.17 bits per heavy atom. The Morgan fingerprint density at radius 3 is 2.79 bits per heavy atom. The Morgan fingerprint density at radius 1 is 1.42 bits per heavy atom. The molecule has 1 fully saturated rings. The fourth-order valence-electron chi connectivity index (χ4n) is 3.17. The number of amides is 2. The van der Waals surface area contributed by atoms with Crippen LogP contribution in [0, 0.1) is 12.7 Å². The van der Waals surface area contributed by atoms with Gasteiger partial charge in [-0.2, -0.15) is 0 Å². The van der Waals surface area contributed by atoms with Crippen LogP contribution in [-0.2, 0) is 9.53 Å². The summed E-state index contributed by atoms with van der Waals surface area (Å²) < 4.78 is 19.1. The van der Waals surface area contributed by atoms with Gasteiger partial charge in [0.1, 0.15) is 5.82 Å². The van der Waals surface area contributed by atoms with Crippen LogP contribution < -0.4 is 5.32 Å². The van der Waals surface area contributed by atoms with E-state index in [1.165, 1.54) is 12.1 Å². The number of ether oxygens (including phenoxy) is 1. The first-order chi connectivity index (χ1) is 11.4. The highest BCUT2D eigenvalue weighted by Gasteiger charge is 2.37. The first-order valence-corrected chi connectivity index (χ1v) is 8.22. The molecule has 1 atom stereocenters. The number of carbonyl (C=O) groups excluding carboxylic acids is 2. The molecule has 6 heteroatoms. The SMILES string of the molecule is CNC(=O)CC[C@@]1(OC)CCCN(C(=O)c2ccc(F)c(C)c2)C1. The number of likely N-dealkylation sites (tertiary alicyclic amines) is 1. The smallest absolute Gasteiger partial charge is 0.253 e. The topological polar surface area (TPSA) is 58.6 Å². The van der Waals surface area contributed by atoms with E-state index >= 15 is 0 Å². The Bertz CT molecular complexity index is 620. The highest BCUT2D eigenvalue weighted by Crippen LogP contribution is 2.30. The number of nitrogens with one attached hydrogen (secondary N) is 1. The number of carbonyl (C=O) groups is 2. The second-order valence-electron chi connectivity index (χ2n) is 6.35. The monoisotopic (exact) mass is 336 g/mol. The fraction of sp³-hybridized carbons (Fsp3) is 0.556. The molecule has 5 nitrogen and oxygen atoms in total. The number of nitrogens with zero attached hydrogens (tertiary/aromatic N) is 1. The summed E-state index contributed by atoms with van der Waals surface area (Å²) in [6, 6.07) is 4.41. The number of rotatable bonds is 5. The third-order valence-corrected chi connectivity index (χ3v) is 4.75. The zero-order valence-electron chi connectivity index (χ0n) is 14.5. The van der Waals surface area contributed by atoms with Crippen LogP contribution in [0.25, 0.3) is 0 Å². The van der Waals surface area contributed by atoms with Gasteiger partial charge in [-0.3, -0.25) is 9.59 Å². The van der Waals surface area contributed by atoms with Crippen molar-refractivity contribution in [1.82, 2.24) is 10.2 Å². The molecule has 1 aromatic carbocycles. The zero-order chi connectivity index (χ0) is 17.7. The minimum Gasteiger partial charge on any atom is -0.376 e. The quantitative estimate of drug-likeness (QED) is 0.897. The lowest BCUT2D eigenvalue weighted by Gasteiger charge is -2.42. The molecule has 2 rings (SSSR count). The largest absolute Gasteiger partial charge is 0.376 e. The van der Waals surface area contributed by atoms with Gasteiger partial charge in [0, 0.05) is 39.2 Å². The predicted molar refractivity (Wildman–Crippen MR) is 89.3 cm³/mol. The van der Waals surface area contributed by atoms with Gasteiger partial charge in [-0.15, -0.1) is 0 Å². The van der Waals surface area contributed by atoms with Crippen molar-refractivity contribution < 1.29 is 18.7 Å². The molecule has 0 unspecified atom stereocenters. The molecule has 1 aliphatic heterocycles. The molecule has 1 N–H and O–H groups in total. The van der Waals surface area contributed by atoms with Gasteiger partial charge in [-0.05, 0) is 49.9 Å². The van der Waals surface area contributed by atoms with E-state index in [4.69, 9.17) is 4.74 Å². The van der Waals surface area contributed by atoms with Crippen LogP contribution in [0.3, 0.4) is 0 Å². The number of aryl methyl sites for hydroxylation is 1. The van der Waals surface area contributed by atoms with E-state index in [1.807, 2.05) is 0 Å². The first kappa shape index (κ1) is 18.4. The van der Waals surface area contributed by atoms with Crippen molar-refractivity contribution in [2.45, 2.75) is 38.2 Å². The Labute approximate surface area is 142 Å². The molecule has 1 aliphatic rings. The lowest BCUT2D eigenvalue weighted by Crippen LogP contribution is -2.51. The van der Waals surface area contributed by atoms with Crippen LogP contribution >= 0.6 is 0 Å². The van der Waals surface area contributed by atoms with E-state index in [-0.39, 0.29) is 17.6 Å². The number of hydrogen-bond acceptors (Lipinski definition) is 3. The van der Waals surface area contributed by atoms with E-state index in [9.17, 15) is 14.0 Å². The molecule has 1 aromatic rings. The molecule has 0 radical (unpaired) electrons. The second-order valence-corrected chi connectivity index (χ2v) is 6.35. The first-order valence-electron chi connectivity index (χ1n) is 8.22. The summed E-state index contributed by atoms with van der Waals surface area (Å²) in [6.45, 7) is 2.72. The number of piperidine rings is 1.